The summed E-state index contributed by atoms with van der Waals surface area (Å²) >= 11 is 0. The third-order valence-corrected chi connectivity index (χ3v) is 2.73. The van der Waals surface area contributed by atoms with Crippen molar-refractivity contribution in [1.82, 2.24) is 5.32 Å². The van der Waals surface area contributed by atoms with Gasteiger partial charge in [-0.2, -0.15) is 0 Å². The fourth-order valence-corrected chi connectivity index (χ4v) is 1.90. The van der Waals surface area contributed by atoms with Crippen LogP contribution < -0.4 is 5.32 Å². The predicted molar refractivity (Wildman–Crippen MR) is 55.9 cm³/mol. The number of rotatable bonds is 3. The van der Waals surface area contributed by atoms with Crippen molar-refractivity contribution >= 4 is 0 Å². The van der Waals surface area contributed by atoms with Crippen LogP contribution in [0, 0.1) is 6.92 Å². The van der Waals surface area contributed by atoms with Crippen LogP contribution in [0.5, 0.6) is 0 Å². The molecule has 1 fully saturated rings. The van der Waals surface area contributed by atoms with Crippen molar-refractivity contribution in [3.05, 3.63) is 34.9 Å². The molecule has 0 aliphatic heterocycles. The highest BCUT2D eigenvalue weighted by molar-refractivity contribution is 5.35. The Hall–Kier alpha value is -0.820. The van der Waals surface area contributed by atoms with E-state index in [1.165, 1.54) is 24.0 Å². The minimum absolute atomic E-state index is 0.878. The van der Waals surface area contributed by atoms with Gasteiger partial charge in [-0.3, -0.25) is 0 Å². The summed E-state index contributed by atoms with van der Waals surface area (Å²) in [5, 5.41) is 3.18. The molecule has 1 aromatic rings. The number of hydrogen-bond acceptors (Lipinski definition) is 1. The second-order valence-electron chi connectivity index (χ2n) is 4.00. The maximum Gasteiger partial charge on any atom is 0.0202 e. The van der Waals surface area contributed by atoms with E-state index in [4.69, 9.17) is 0 Å². The highest BCUT2D eigenvalue weighted by Crippen LogP contribution is 2.41. The Bertz CT molecular complexity index is 300. The highest BCUT2D eigenvalue weighted by Gasteiger charge is 2.24. The van der Waals surface area contributed by atoms with E-state index in [9.17, 15) is 0 Å². The van der Waals surface area contributed by atoms with E-state index < -0.39 is 0 Å². The molecule has 0 radical (unpaired) electrons. The van der Waals surface area contributed by atoms with Crippen molar-refractivity contribution in [3.8, 4) is 0 Å². The van der Waals surface area contributed by atoms with Crippen LogP contribution in [0.4, 0.5) is 0 Å². The van der Waals surface area contributed by atoms with Gasteiger partial charge in [0.05, 0.1) is 0 Å². The average Bonchev–Trinajstić information content (AvgIpc) is 2.88. The molecule has 1 N–H and O–H groups in total. The Balaban J connectivity index is 2.21. The smallest absolute Gasteiger partial charge is 0.0202 e. The minimum Gasteiger partial charge on any atom is -0.316 e. The van der Waals surface area contributed by atoms with Crippen molar-refractivity contribution in [2.24, 2.45) is 0 Å². The monoisotopic (exact) mass is 175 g/mol. The first-order valence-electron chi connectivity index (χ1n) is 5.05. The maximum absolute atomic E-state index is 3.18. The number of aryl methyl sites for hydroxylation is 1. The zero-order valence-corrected chi connectivity index (χ0v) is 8.43. The summed E-state index contributed by atoms with van der Waals surface area (Å²) in [6.07, 6.45) is 2.79. The van der Waals surface area contributed by atoms with Gasteiger partial charge < -0.3 is 5.32 Å². The Labute approximate surface area is 80.2 Å². The molecule has 1 aliphatic carbocycles. The number of nitrogens with one attached hydrogen (secondary N) is 1. The quantitative estimate of drug-likeness (QED) is 0.744. The van der Waals surface area contributed by atoms with E-state index in [0.717, 1.165) is 12.5 Å². The summed E-state index contributed by atoms with van der Waals surface area (Å²) in [5.41, 5.74) is 4.43. The third-order valence-electron chi connectivity index (χ3n) is 2.73. The van der Waals surface area contributed by atoms with Crippen LogP contribution in [-0.2, 0) is 6.54 Å². The van der Waals surface area contributed by atoms with Crippen molar-refractivity contribution in [3.63, 3.8) is 0 Å². The average molecular weight is 175 g/mol. The molecule has 1 heteroatoms. The van der Waals surface area contributed by atoms with Crippen molar-refractivity contribution in [2.75, 3.05) is 7.05 Å². The lowest BCUT2D eigenvalue weighted by Gasteiger charge is -2.06. The Morgan fingerprint density at radius 2 is 2.15 bits per heavy atom. The van der Waals surface area contributed by atoms with Crippen molar-refractivity contribution in [1.29, 1.82) is 0 Å². The van der Waals surface area contributed by atoms with Crippen LogP contribution >= 0.6 is 0 Å². The number of benzene rings is 1. The van der Waals surface area contributed by atoms with Gasteiger partial charge in [0, 0.05) is 6.54 Å². The molecule has 1 aliphatic rings. The van der Waals surface area contributed by atoms with Crippen LogP contribution in [0.3, 0.4) is 0 Å². The highest BCUT2D eigenvalue weighted by atomic mass is 14.8. The number of hydrogen-bond donors (Lipinski definition) is 1. The molecule has 13 heavy (non-hydrogen) atoms. The van der Waals surface area contributed by atoms with Gasteiger partial charge in [0.15, 0.2) is 0 Å². The normalized spacial score (nSPS) is 16.2. The fourth-order valence-electron chi connectivity index (χ4n) is 1.90. The summed E-state index contributed by atoms with van der Waals surface area (Å²) in [7, 11) is 1.99. The molecule has 0 bridgehead atoms. The third kappa shape index (κ3) is 1.92. The Kier molecular flexibility index (Phi) is 2.36. The summed E-state index contributed by atoms with van der Waals surface area (Å²) in [6, 6.07) is 6.86. The maximum atomic E-state index is 3.18. The summed E-state index contributed by atoms with van der Waals surface area (Å²) in [5.74, 6) is 0.878. The molecule has 0 amide bonds. The molecule has 0 heterocycles. The second-order valence-corrected chi connectivity index (χ2v) is 4.00. The van der Waals surface area contributed by atoms with Gasteiger partial charge in [0.1, 0.15) is 0 Å². The molecule has 0 unspecified atom stereocenters. The van der Waals surface area contributed by atoms with Gasteiger partial charge in [-0.25, -0.2) is 0 Å². The van der Waals surface area contributed by atoms with Gasteiger partial charge in [-0.05, 0) is 49.4 Å². The largest absolute Gasteiger partial charge is 0.316 e. The lowest BCUT2D eigenvalue weighted by atomic mass is 10.0. The molecular formula is C12H17N. The van der Waals surface area contributed by atoms with Gasteiger partial charge >= 0.3 is 0 Å². The molecule has 0 spiro atoms. The van der Waals surface area contributed by atoms with Gasteiger partial charge in [0.25, 0.3) is 0 Å². The molecule has 1 nitrogen and oxygen atoms in total. The molecule has 2 rings (SSSR count). The molecular weight excluding hydrogens is 158 g/mol. The summed E-state index contributed by atoms with van der Waals surface area (Å²) < 4.78 is 0. The van der Waals surface area contributed by atoms with Gasteiger partial charge in [0.2, 0.25) is 0 Å². The van der Waals surface area contributed by atoms with Crippen molar-refractivity contribution < 1.29 is 0 Å². The van der Waals surface area contributed by atoms with E-state index in [-0.39, 0.29) is 0 Å². The standard InChI is InChI=1S/C12H17N/c1-9-7-10(8-13-2)3-6-12(9)11-4-5-11/h3,6-7,11,13H,4-5,8H2,1-2H3. The minimum atomic E-state index is 0.878. The summed E-state index contributed by atoms with van der Waals surface area (Å²) in [6.45, 7) is 3.21. The molecule has 70 valence electrons. The van der Waals surface area contributed by atoms with Gasteiger partial charge in [-0.15, -0.1) is 0 Å². The first-order valence-corrected chi connectivity index (χ1v) is 5.05. The molecule has 1 aromatic carbocycles. The van der Waals surface area contributed by atoms with Crippen LogP contribution in [0.15, 0.2) is 18.2 Å². The van der Waals surface area contributed by atoms with Crippen LogP contribution in [0.2, 0.25) is 0 Å². The SMILES string of the molecule is CNCc1ccc(C2CC2)c(C)c1. The molecule has 0 saturated heterocycles. The Morgan fingerprint density at radius 1 is 1.38 bits per heavy atom. The Morgan fingerprint density at radius 3 is 2.69 bits per heavy atom. The first kappa shape index (κ1) is 8.76. The second kappa shape index (κ2) is 3.51. The van der Waals surface area contributed by atoms with E-state index in [0.29, 0.717) is 0 Å². The summed E-state index contributed by atoms with van der Waals surface area (Å²) in [4.78, 5) is 0. The molecule has 0 atom stereocenters. The van der Waals surface area contributed by atoms with E-state index >= 15 is 0 Å². The van der Waals surface area contributed by atoms with Crippen molar-refractivity contribution in [2.45, 2.75) is 32.2 Å². The van der Waals surface area contributed by atoms with Gasteiger partial charge in [-0.1, -0.05) is 18.2 Å². The molecule has 0 aromatic heterocycles. The van der Waals surface area contributed by atoms with Crippen LogP contribution in [0.1, 0.15) is 35.4 Å². The first-order chi connectivity index (χ1) is 6.31. The van der Waals surface area contributed by atoms with Crippen LogP contribution in [-0.4, -0.2) is 7.05 Å². The zero-order chi connectivity index (χ0) is 9.26. The van der Waals surface area contributed by atoms with E-state index in [2.05, 4.69) is 30.4 Å². The lowest BCUT2D eigenvalue weighted by Crippen LogP contribution is -2.05. The topological polar surface area (TPSA) is 12.0 Å². The lowest BCUT2D eigenvalue weighted by molar-refractivity contribution is 0.815. The van der Waals surface area contributed by atoms with Crippen LogP contribution in [0.25, 0.3) is 0 Å². The van der Waals surface area contributed by atoms with E-state index in [1.54, 1.807) is 5.56 Å². The predicted octanol–water partition coefficient (Wildman–Crippen LogP) is 2.59. The zero-order valence-electron chi connectivity index (χ0n) is 8.43. The molecule has 1 saturated carbocycles. The fraction of sp³-hybridized carbons (Fsp3) is 0.500. The van der Waals surface area contributed by atoms with E-state index in [1.807, 2.05) is 7.05 Å².